The Hall–Kier alpha value is -0.730. The molecule has 0 bridgehead atoms. The van der Waals surface area contributed by atoms with E-state index in [2.05, 4.69) is 11.4 Å². The minimum Gasteiger partial charge on any atom is -0.397 e. The molecule has 0 atom stereocenters. The van der Waals surface area contributed by atoms with Crippen LogP contribution in [-0.4, -0.2) is 13.1 Å². The molecular formula is C10H13ClN2. The van der Waals surface area contributed by atoms with E-state index in [0.717, 1.165) is 31.6 Å². The summed E-state index contributed by atoms with van der Waals surface area (Å²) in [5.74, 6) is 0. The average molecular weight is 197 g/mol. The highest BCUT2D eigenvalue weighted by Crippen LogP contribution is 2.27. The van der Waals surface area contributed by atoms with E-state index in [1.807, 2.05) is 6.07 Å². The summed E-state index contributed by atoms with van der Waals surface area (Å²) < 4.78 is 0. The van der Waals surface area contributed by atoms with Gasteiger partial charge in [-0.2, -0.15) is 0 Å². The molecule has 0 saturated heterocycles. The van der Waals surface area contributed by atoms with Gasteiger partial charge in [0, 0.05) is 0 Å². The highest BCUT2D eigenvalue weighted by molar-refractivity contribution is 6.33. The molecule has 2 nitrogen and oxygen atoms in total. The van der Waals surface area contributed by atoms with Gasteiger partial charge in [-0.1, -0.05) is 17.7 Å². The average Bonchev–Trinajstić information content (AvgIpc) is 2.36. The lowest BCUT2D eigenvalue weighted by molar-refractivity contribution is 0.711. The molecule has 1 aliphatic rings. The first-order chi connectivity index (χ1) is 6.29. The Morgan fingerprint density at radius 3 is 2.85 bits per heavy atom. The minimum atomic E-state index is 0.681. The van der Waals surface area contributed by atoms with Crippen LogP contribution in [0, 0.1) is 0 Å². The first-order valence-electron chi connectivity index (χ1n) is 4.55. The van der Waals surface area contributed by atoms with Crippen molar-refractivity contribution in [1.29, 1.82) is 0 Å². The van der Waals surface area contributed by atoms with Gasteiger partial charge in [-0.25, -0.2) is 0 Å². The maximum absolute atomic E-state index is 5.95. The van der Waals surface area contributed by atoms with E-state index in [0.29, 0.717) is 5.02 Å². The zero-order chi connectivity index (χ0) is 9.26. The molecule has 2 rings (SSSR count). The standard InChI is InChI=1S/C10H13ClN2/c11-9-2-1-7-3-5-13-6-4-8(7)10(9)12/h1-2,13H,3-6,12H2. The molecular weight excluding hydrogens is 184 g/mol. The topological polar surface area (TPSA) is 38.0 Å². The highest BCUT2D eigenvalue weighted by Gasteiger charge is 2.11. The number of hydrogen-bond donors (Lipinski definition) is 2. The van der Waals surface area contributed by atoms with Crippen molar-refractivity contribution in [2.75, 3.05) is 18.8 Å². The smallest absolute Gasteiger partial charge is 0.0638 e. The Morgan fingerprint density at radius 1 is 1.23 bits per heavy atom. The number of nitrogens with two attached hydrogens (primary N) is 1. The quantitative estimate of drug-likeness (QED) is 0.619. The SMILES string of the molecule is Nc1c(Cl)ccc2c1CCNCC2. The molecule has 1 aromatic rings. The zero-order valence-electron chi connectivity index (χ0n) is 7.44. The van der Waals surface area contributed by atoms with Gasteiger partial charge in [-0.3, -0.25) is 0 Å². The van der Waals surface area contributed by atoms with Crippen LogP contribution in [0.25, 0.3) is 0 Å². The van der Waals surface area contributed by atoms with E-state index in [1.54, 1.807) is 0 Å². The number of nitrogens with one attached hydrogen (secondary N) is 1. The lowest BCUT2D eigenvalue weighted by Gasteiger charge is -2.09. The van der Waals surface area contributed by atoms with Crippen LogP contribution >= 0.6 is 11.6 Å². The summed E-state index contributed by atoms with van der Waals surface area (Å²) in [6.07, 6.45) is 2.04. The third-order valence-electron chi connectivity index (χ3n) is 2.52. The third-order valence-corrected chi connectivity index (χ3v) is 2.85. The number of anilines is 1. The number of hydrogen-bond acceptors (Lipinski definition) is 2. The fourth-order valence-corrected chi connectivity index (χ4v) is 1.95. The fraction of sp³-hybridized carbons (Fsp3) is 0.400. The highest BCUT2D eigenvalue weighted by atomic mass is 35.5. The van der Waals surface area contributed by atoms with Crippen LogP contribution in [0.2, 0.25) is 5.02 Å². The summed E-state index contributed by atoms with van der Waals surface area (Å²) in [4.78, 5) is 0. The second-order valence-corrected chi connectivity index (χ2v) is 3.76. The Balaban J connectivity index is 2.48. The third kappa shape index (κ3) is 1.64. The van der Waals surface area contributed by atoms with Crippen molar-refractivity contribution in [1.82, 2.24) is 5.32 Å². The van der Waals surface area contributed by atoms with Crippen molar-refractivity contribution in [3.8, 4) is 0 Å². The summed E-state index contributed by atoms with van der Waals surface area (Å²) in [6, 6.07) is 3.97. The van der Waals surface area contributed by atoms with Crippen LogP contribution in [-0.2, 0) is 12.8 Å². The molecule has 0 radical (unpaired) electrons. The minimum absolute atomic E-state index is 0.681. The Labute approximate surface area is 83.1 Å². The largest absolute Gasteiger partial charge is 0.397 e. The van der Waals surface area contributed by atoms with E-state index >= 15 is 0 Å². The molecule has 0 aliphatic carbocycles. The van der Waals surface area contributed by atoms with Crippen molar-refractivity contribution in [2.45, 2.75) is 12.8 Å². The molecule has 0 aromatic heterocycles. The summed E-state index contributed by atoms with van der Waals surface area (Å²) in [6.45, 7) is 2.03. The maximum Gasteiger partial charge on any atom is 0.0638 e. The molecule has 0 saturated carbocycles. The molecule has 1 aliphatic heterocycles. The van der Waals surface area contributed by atoms with Crippen LogP contribution < -0.4 is 11.1 Å². The number of fused-ring (bicyclic) bond motifs is 1. The van der Waals surface area contributed by atoms with E-state index in [1.165, 1.54) is 11.1 Å². The molecule has 3 N–H and O–H groups in total. The Kier molecular flexibility index (Phi) is 2.42. The van der Waals surface area contributed by atoms with Crippen molar-refractivity contribution < 1.29 is 0 Å². The van der Waals surface area contributed by atoms with Crippen molar-refractivity contribution >= 4 is 17.3 Å². The van der Waals surface area contributed by atoms with Crippen molar-refractivity contribution in [3.05, 3.63) is 28.3 Å². The zero-order valence-corrected chi connectivity index (χ0v) is 8.19. The van der Waals surface area contributed by atoms with Gasteiger partial charge in [0.05, 0.1) is 10.7 Å². The van der Waals surface area contributed by atoms with Crippen molar-refractivity contribution in [3.63, 3.8) is 0 Å². The van der Waals surface area contributed by atoms with Crippen LogP contribution in [0.15, 0.2) is 12.1 Å². The van der Waals surface area contributed by atoms with Gasteiger partial charge < -0.3 is 11.1 Å². The molecule has 1 aromatic carbocycles. The van der Waals surface area contributed by atoms with Crippen LogP contribution in [0.1, 0.15) is 11.1 Å². The monoisotopic (exact) mass is 196 g/mol. The Bertz CT molecular complexity index is 323. The van der Waals surface area contributed by atoms with Gasteiger partial charge in [0.1, 0.15) is 0 Å². The predicted octanol–water partition coefficient (Wildman–Crippen LogP) is 1.61. The first-order valence-corrected chi connectivity index (χ1v) is 4.93. The van der Waals surface area contributed by atoms with Gasteiger partial charge in [-0.05, 0) is 43.1 Å². The second kappa shape index (κ2) is 3.56. The Morgan fingerprint density at radius 2 is 2.00 bits per heavy atom. The summed E-state index contributed by atoms with van der Waals surface area (Å²) in [7, 11) is 0. The van der Waals surface area contributed by atoms with Crippen molar-refractivity contribution in [2.24, 2.45) is 0 Å². The normalized spacial score (nSPS) is 16.4. The summed E-state index contributed by atoms with van der Waals surface area (Å²) in [5.41, 5.74) is 9.25. The predicted molar refractivity (Wildman–Crippen MR) is 56.1 cm³/mol. The summed E-state index contributed by atoms with van der Waals surface area (Å²) >= 11 is 5.95. The first kappa shape index (κ1) is 8.85. The van der Waals surface area contributed by atoms with Gasteiger partial charge >= 0.3 is 0 Å². The maximum atomic E-state index is 5.95. The number of benzene rings is 1. The van der Waals surface area contributed by atoms with E-state index < -0.39 is 0 Å². The molecule has 3 heteroatoms. The van der Waals surface area contributed by atoms with Crippen LogP contribution in [0.4, 0.5) is 5.69 Å². The molecule has 0 unspecified atom stereocenters. The summed E-state index contributed by atoms with van der Waals surface area (Å²) in [5, 5.41) is 4.02. The number of halogens is 1. The van der Waals surface area contributed by atoms with E-state index in [-0.39, 0.29) is 0 Å². The number of nitrogen functional groups attached to an aromatic ring is 1. The van der Waals surface area contributed by atoms with Gasteiger partial charge in [0.2, 0.25) is 0 Å². The van der Waals surface area contributed by atoms with Gasteiger partial charge in [0.15, 0.2) is 0 Å². The van der Waals surface area contributed by atoms with E-state index in [4.69, 9.17) is 17.3 Å². The molecule has 0 amide bonds. The molecule has 70 valence electrons. The second-order valence-electron chi connectivity index (χ2n) is 3.35. The van der Waals surface area contributed by atoms with Gasteiger partial charge in [0.25, 0.3) is 0 Å². The van der Waals surface area contributed by atoms with E-state index in [9.17, 15) is 0 Å². The molecule has 1 heterocycles. The molecule has 0 fully saturated rings. The number of rotatable bonds is 0. The lowest BCUT2D eigenvalue weighted by Crippen LogP contribution is -2.16. The van der Waals surface area contributed by atoms with Crippen LogP contribution in [0.5, 0.6) is 0 Å². The fourth-order valence-electron chi connectivity index (χ4n) is 1.77. The lowest BCUT2D eigenvalue weighted by atomic mass is 10.0. The van der Waals surface area contributed by atoms with Crippen LogP contribution in [0.3, 0.4) is 0 Å². The molecule has 13 heavy (non-hydrogen) atoms. The van der Waals surface area contributed by atoms with Gasteiger partial charge in [-0.15, -0.1) is 0 Å². The molecule has 0 spiro atoms.